The van der Waals surface area contributed by atoms with E-state index in [9.17, 15) is 5.11 Å². The van der Waals surface area contributed by atoms with Crippen molar-refractivity contribution >= 4 is 11.3 Å². The molecule has 1 aromatic heterocycles. The van der Waals surface area contributed by atoms with Crippen molar-refractivity contribution in [1.82, 2.24) is 5.32 Å². The molecule has 0 bridgehead atoms. The van der Waals surface area contributed by atoms with Crippen LogP contribution in [0.5, 0.6) is 0 Å². The SMILES string of the molecule is CC(O)(Cc1ccsc1)CC1CCCCN1. The summed E-state index contributed by atoms with van der Waals surface area (Å²) < 4.78 is 0. The third-order valence-corrected chi connectivity index (χ3v) is 4.00. The van der Waals surface area contributed by atoms with E-state index in [2.05, 4.69) is 22.1 Å². The van der Waals surface area contributed by atoms with E-state index in [0.717, 1.165) is 19.4 Å². The van der Waals surface area contributed by atoms with Crippen molar-refractivity contribution in [3.05, 3.63) is 22.4 Å². The number of nitrogens with one attached hydrogen (secondary N) is 1. The molecule has 2 N–H and O–H groups in total. The van der Waals surface area contributed by atoms with Gasteiger partial charge in [0.1, 0.15) is 0 Å². The molecule has 0 radical (unpaired) electrons. The number of thiophene rings is 1. The predicted molar refractivity (Wildman–Crippen MR) is 68.9 cm³/mol. The summed E-state index contributed by atoms with van der Waals surface area (Å²) in [6.45, 7) is 3.07. The molecule has 1 aliphatic heterocycles. The minimum absolute atomic E-state index is 0.502. The summed E-state index contributed by atoms with van der Waals surface area (Å²) in [7, 11) is 0. The highest BCUT2D eigenvalue weighted by molar-refractivity contribution is 7.07. The van der Waals surface area contributed by atoms with Gasteiger partial charge in [-0.25, -0.2) is 0 Å². The van der Waals surface area contributed by atoms with Crippen molar-refractivity contribution in [2.75, 3.05) is 6.54 Å². The van der Waals surface area contributed by atoms with Gasteiger partial charge in [-0.15, -0.1) is 0 Å². The lowest BCUT2D eigenvalue weighted by molar-refractivity contribution is 0.0372. The molecule has 16 heavy (non-hydrogen) atoms. The molecule has 1 saturated heterocycles. The van der Waals surface area contributed by atoms with Crippen LogP contribution in [0.4, 0.5) is 0 Å². The van der Waals surface area contributed by atoms with Gasteiger partial charge in [0.25, 0.3) is 0 Å². The van der Waals surface area contributed by atoms with E-state index >= 15 is 0 Å². The Hall–Kier alpha value is -0.380. The van der Waals surface area contributed by atoms with Crippen LogP contribution in [0.2, 0.25) is 0 Å². The van der Waals surface area contributed by atoms with Crippen LogP contribution < -0.4 is 5.32 Å². The zero-order valence-corrected chi connectivity index (χ0v) is 10.7. The molecule has 0 aromatic carbocycles. The minimum atomic E-state index is -0.573. The van der Waals surface area contributed by atoms with E-state index in [1.165, 1.54) is 24.8 Å². The van der Waals surface area contributed by atoms with Crippen LogP contribution in [-0.4, -0.2) is 23.3 Å². The molecular weight excluding hydrogens is 218 g/mol. The fourth-order valence-corrected chi connectivity index (χ4v) is 3.20. The second-order valence-electron chi connectivity index (χ2n) is 5.16. The summed E-state index contributed by atoms with van der Waals surface area (Å²) in [4.78, 5) is 0. The monoisotopic (exact) mass is 239 g/mol. The number of aliphatic hydroxyl groups is 1. The van der Waals surface area contributed by atoms with E-state index < -0.39 is 5.60 Å². The Kier molecular flexibility index (Phi) is 4.00. The van der Waals surface area contributed by atoms with Crippen molar-refractivity contribution in [3.8, 4) is 0 Å². The quantitative estimate of drug-likeness (QED) is 0.846. The highest BCUT2D eigenvalue weighted by Gasteiger charge is 2.26. The molecule has 1 aliphatic rings. The standard InChI is InChI=1S/C13H21NOS/c1-13(15,8-11-5-7-16-10-11)9-12-4-2-3-6-14-12/h5,7,10,12,14-15H,2-4,6,8-9H2,1H3. The number of hydrogen-bond acceptors (Lipinski definition) is 3. The maximum atomic E-state index is 10.4. The summed E-state index contributed by atoms with van der Waals surface area (Å²) in [6.07, 6.45) is 5.42. The predicted octanol–water partition coefficient (Wildman–Crippen LogP) is 2.57. The van der Waals surface area contributed by atoms with Crippen molar-refractivity contribution in [3.63, 3.8) is 0 Å². The highest BCUT2D eigenvalue weighted by Crippen LogP contribution is 2.23. The minimum Gasteiger partial charge on any atom is -0.390 e. The summed E-state index contributed by atoms with van der Waals surface area (Å²) >= 11 is 1.70. The molecule has 2 unspecified atom stereocenters. The molecule has 3 heteroatoms. The van der Waals surface area contributed by atoms with E-state index in [0.29, 0.717) is 6.04 Å². The second-order valence-corrected chi connectivity index (χ2v) is 5.94. The Morgan fingerprint density at radius 2 is 2.44 bits per heavy atom. The molecule has 2 heterocycles. The van der Waals surface area contributed by atoms with Crippen molar-refractivity contribution in [2.24, 2.45) is 0 Å². The zero-order chi connectivity index (χ0) is 11.4. The molecule has 2 nitrogen and oxygen atoms in total. The maximum Gasteiger partial charge on any atom is 0.0675 e. The summed E-state index contributed by atoms with van der Waals surface area (Å²) in [6, 6.07) is 2.61. The largest absolute Gasteiger partial charge is 0.390 e. The molecule has 2 rings (SSSR count). The molecule has 1 aromatic rings. The van der Waals surface area contributed by atoms with Crippen LogP contribution in [0.3, 0.4) is 0 Å². The second kappa shape index (κ2) is 5.30. The molecule has 2 atom stereocenters. The molecule has 0 aliphatic carbocycles. The fourth-order valence-electron chi connectivity index (χ4n) is 2.53. The van der Waals surface area contributed by atoms with Gasteiger partial charge in [-0.1, -0.05) is 6.42 Å². The van der Waals surface area contributed by atoms with Crippen molar-refractivity contribution < 1.29 is 5.11 Å². The van der Waals surface area contributed by atoms with E-state index in [-0.39, 0.29) is 0 Å². The summed E-state index contributed by atoms with van der Waals surface area (Å²) in [5.74, 6) is 0. The Bertz CT molecular complexity index is 302. The zero-order valence-electron chi connectivity index (χ0n) is 9.91. The van der Waals surface area contributed by atoms with E-state index in [4.69, 9.17) is 0 Å². The molecule has 0 amide bonds. The maximum absolute atomic E-state index is 10.4. The van der Waals surface area contributed by atoms with Gasteiger partial charge in [-0.3, -0.25) is 0 Å². The van der Waals surface area contributed by atoms with Crippen molar-refractivity contribution in [2.45, 2.75) is 50.7 Å². The van der Waals surface area contributed by atoms with Gasteiger partial charge in [0.2, 0.25) is 0 Å². The molecule has 0 spiro atoms. The number of rotatable bonds is 4. The topological polar surface area (TPSA) is 32.3 Å². The van der Waals surface area contributed by atoms with Crippen molar-refractivity contribution in [1.29, 1.82) is 0 Å². The lowest BCUT2D eigenvalue weighted by Crippen LogP contribution is -2.41. The highest BCUT2D eigenvalue weighted by atomic mass is 32.1. The average Bonchev–Trinajstić information content (AvgIpc) is 2.70. The fraction of sp³-hybridized carbons (Fsp3) is 0.692. The third kappa shape index (κ3) is 3.58. The summed E-state index contributed by atoms with van der Waals surface area (Å²) in [5, 5.41) is 18.1. The Labute approximate surface area is 102 Å². The normalized spacial score (nSPS) is 25.2. The lowest BCUT2D eigenvalue weighted by Gasteiger charge is -2.31. The van der Waals surface area contributed by atoms with Crippen LogP contribution in [0.1, 0.15) is 38.2 Å². The first-order chi connectivity index (χ1) is 7.66. The van der Waals surface area contributed by atoms with Gasteiger partial charge in [-0.05, 0) is 55.1 Å². The number of piperidine rings is 1. The molecule has 90 valence electrons. The average molecular weight is 239 g/mol. The van der Waals surface area contributed by atoms with Gasteiger partial charge in [0.05, 0.1) is 5.60 Å². The van der Waals surface area contributed by atoms with Crippen LogP contribution in [0.15, 0.2) is 16.8 Å². The first-order valence-electron chi connectivity index (χ1n) is 6.13. The van der Waals surface area contributed by atoms with Crippen LogP contribution >= 0.6 is 11.3 Å². The van der Waals surface area contributed by atoms with Gasteiger partial charge in [0.15, 0.2) is 0 Å². The number of hydrogen-bond donors (Lipinski definition) is 2. The van der Waals surface area contributed by atoms with Gasteiger partial charge >= 0.3 is 0 Å². The Balaban J connectivity index is 1.86. The molecule has 0 saturated carbocycles. The van der Waals surface area contributed by atoms with Gasteiger partial charge < -0.3 is 10.4 Å². The third-order valence-electron chi connectivity index (χ3n) is 3.26. The molecular formula is C13H21NOS. The van der Waals surface area contributed by atoms with Gasteiger partial charge in [-0.2, -0.15) is 11.3 Å². The Morgan fingerprint density at radius 1 is 1.56 bits per heavy atom. The van der Waals surface area contributed by atoms with Crippen LogP contribution in [0, 0.1) is 0 Å². The van der Waals surface area contributed by atoms with Gasteiger partial charge in [0, 0.05) is 12.5 Å². The van der Waals surface area contributed by atoms with E-state index in [1.807, 2.05) is 6.92 Å². The molecule has 1 fully saturated rings. The van der Waals surface area contributed by atoms with Crippen LogP contribution in [0.25, 0.3) is 0 Å². The summed E-state index contributed by atoms with van der Waals surface area (Å²) in [5.41, 5.74) is 0.682. The smallest absolute Gasteiger partial charge is 0.0675 e. The lowest BCUT2D eigenvalue weighted by atomic mass is 9.88. The Morgan fingerprint density at radius 3 is 3.06 bits per heavy atom. The van der Waals surface area contributed by atoms with Crippen LogP contribution in [-0.2, 0) is 6.42 Å². The first-order valence-corrected chi connectivity index (χ1v) is 7.07. The first kappa shape index (κ1) is 12.1. The van der Waals surface area contributed by atoms with E-state index in [1.54, 1.807) is 11.3 Å².